The second-order valence-electron chi connectivity index (χ2n) is 4.35. The number of nitrogens with one attached hydrogen (secondary N) is 2. The number of rotatable bonds is 3. The van der Waals surface area contributed by atoms with Gasteiger partial charge in [0.05, 0.1) is 16.9 Å². The molecule has 2 N–H and O–H groups in total. The highest BCUT2D eigenvalue weighted by Gasteiger charge is 2.20. The molecule has 20 heavy (non-hydrogen) atoms. The first-order chi connectivity index (χ1) is 9.79. The van der Waals surface area contributed by atoms with Gasteiger partial charge in [0.25, 0.3) is 5.91 Å². The second kappa shape index (κ2) is 5.89. The van der Waals surface area contributed by atoms with Gasteiger partial charge in [-0.1, -0.05) is 45.9 Å². The van der Waals surface area contributed by atoms with E-state index in [1.54, 1.807) is 11.8 Å². The average molecular weight is 349 g/mol. The van der Waals surface area contributed by atoms with Crippen molar-refractivity contribution >= 4 is 45.0 Å². The molecule has 3 rings (SSSR count). The predicted octanol–water partition coefficient (Wildman–Crippen LogP) is 4.02. The molecular formula is C15H13BrN2OS. The van der Waals surface area contributed by atoms with Crippen LogP contribution >= 0.6 is 27.7 Å². The molecule has 0 saturated heterocycles. The van der Waals surface area contributed by atoms with E-state index in [0.29, 0.717) is 12.1 Å². The molecule has 0 radical (unpaired) electrons. The van der Waals surface area contributed by atoms with E-state index in [1.807, 2.05) is 36.4 Å². The van der Waals surface area contributed by atoms with Crippen LogP contribution in [0, 0.1) is 0 Å². The maximum absolute atomic E-state index is 12.2. The number of halogens is 1. The minimum Gasteiger partial charge on any atom is -0.353 e. The maximum atomic E-state index is 12.2. The lowest BCUT2D eigenvalue weighted by Crippen LogP contribution is -2.26. The molecule has 1 aliphatic heterocycles. The Morgan fingerprint density at radius 2 is 1.95 bits per heavy atom. The van der Waals surface area contributed by atoms with Gasteiger partial charge in [-0.3, -0.25) is 4.79 Å². The van der Waals surface area contributed by atoms with Crippen molar-refractivity contribution in [3.05, 3.63) is 48.0 Å². The van der Waals surface area contributed by atoms with Crippen LogP contribution in [0.2, 0.25) is 0 Å². The summed E-state index contributed by atoms with van der Waals surface area (Å²) in [6.07, 6.45) is 0. The monoisotopic (exact) mass is 348 g/mol. The highest BCUT2D eigenvalue weighted by Crippen LogP contribution is 2.45. The van der Waals surface area contributed by atoms with Crippen LogP contribution in [-0.4, -0.2) is 17.8 Å². The van der Waals surface area contributed by atoms with E-state index in [-0.39, 0.29) is 5.91 Å². The SMILES string of the molecule is O=C(NCCBr)c1cccc2c1Nc1ccccc1S2. The molecule has 1 aliphatic rings. The fraction of sp³-hybridized carbons (Fsp3) is 0.133. The summed E-state index contributed by atoms with van der Waals surface area (Å²) in [5, 5.41) is 7.01. The standard InChI is InChI=1S/C15H13BrN2OS/c16-8-9-17-15(19)10-4-3-7-13-14(10)18-11-5-1-2-6-12(11)20-13/h1-7,18H,8-9H2,(H,17,19). The van der Waals surface area contributed by atoms with Gasteiger partial charge in [0.1, 0.15) is 0 Å². The van der Waals surface area contributed by atoms with Gasteiger partial charge >= 0.3 is 0 Å². The molecule has 3 nitrogen and oxygen atoms in total. The van der Waals surface area contributed by atoms with Crippen LogP contribution in [0.3, 0.4) is 0 Å². The van der Waals surface area contributed by atoms with Crippen LogP contribution in [0.25, 0.3) is 0 Å². The number of amides is 1. The fourth-order valence-corrected chi connectivity index (χ4v) is 3.32. The number of carbonyl (C=O) groups is 1. The number of alkyl halides is 1. The molecule has 0 saturated carbocycles. The topological polar surface area (TPSA) is 41.1 Å². The third kappa shape index (κ3) is 2.55. The molecule has 0 atom stereocenters. The largest absolute Gasteiger partial charge is 0.353 e. The Hall–Kier alpha value is -1.46. The molecule has 102 valence electrons. The lowest BCUT2D eigenvalue weighted by molar-refractivity contribution is 0.0957. The van der Waals surface area contributed by atoms with Crippen molar-refractivity contribution in [1.29, 1.82) is 0 Å². The van der Waals surface area contributed by atoms with E-state index in [0.717, 1.165) is 21.6 Å². The minimum atomic E-state index is -0.0474. The van der Waals surface area contributed by atoms with Crippen molar-refractivity contribution in [2.75, 3.05) is 17.2 Å². The van der Waals surface area contributed by atoms with Gasteiger partial charge in [0, 0.05) is 21.7 Å². The third-order valence-corrected chi connectivity index (χ3v) is 4.55. The Bertz CT molecular complexity index is 660. The van der Waals surface area contributed by atoms with Crippen LogP contribution in [0.1, 0.15) is 10.4 Å². The molecule has 0 aromatic heterocycles. The lowest BCUT2D eigenvalue weighted by atomic mass is 10.1. The number of hydrogen-bond donors (Lipinski definition) is 2. The Balaban J connectivity index is 1.96. The molecule has 0 unspecified atom stereocenters. The number of hydrogen-bond acceptors (Lipinski definition) is 3. The number of carbonyl (C=O) groups excluding carboxylic acids is 1. The van der Waals surface area contributed by atoms with E-state index in [1.165, 1.54) is 4.90 Å². The summed E-state index contributed by atoms with van der Waals surface area (Å²) in [5.41, 5.74) is 2.62. The van der Waals surface area contributed by atoms with Crippen molar-refractivity contribution in [2.24, 2.45) is 0 Å². The summed E-state index contributed by atoms with van der Waals surface area (Å²) in [4.78, 5) is 14.5. The summed E-state index contributed by atoms with van der Waals surface area (Å²) in [6.45, 7) is 0.617. The molecule has 0 spiro atoms. The minimum absolute atomic E-state index is 0.0474. The zero-order chi connectivity index (χ0) is 13.9. The Kier molecular flexibility index (Phi) is 3.98. The van der Waals surface area contributed by atoms with Crippen molar-refractivity contribution in [3.63, 3.8) is 0 Å². The van der Waals surface area contributed by atoms with Crippen LogP contribution in [0.4, 0.5) is 11.4 Å². The smallest absolute Gasteiger partial charge is 0.253 e. The summed E-state index contributed by atoms with van der Waals surface area (Å²) in [5.74, 6) is -0.0474. The number of fused-ring (bicyclic) bond motifs is 2. The first-order valence-electron chi connectivity index (χ1n) is 6.30. The quantitative estimate of drug-likeness (QED) is 0.702. The first kappa shape index (κ1) is 13.5. The molecule has 1 amide bonds. The zero-order valence-corrected chi connectivity index (χ0v) is 13.1. The van der Waals surface area contributed by atoms with Gasteiger partial charge in [-0.15, -0.1) is 0 Å². The molecule has 2 aromatic carbocycles. The molecule has 0 fully saturated rings. The molecule has 0 aliphatic carbocycles. The zero-order valence-electron chi connectivity index (χ0n) is 10.7. The summed E-state index contributed by atoms with van der Waals surface area (Å²) >= 11 is 5.00. The Morgan fingerprint density at radius 1 is 1.15 bits per heavy atom. The Morgan fingerprint density at radius 3 is 2.80 bits per heavy atom. The van der Waals surface area contributed by atoms with E-state index >= 15 is 0 Å². The highest BCUT2D eigenvalue weighted by atomic mass is 79.9. The van der Waals surface area contributed by atoms with Gasteiger partial charge in [-0.2, -0.15) is 0 Å². The van der Waals surface area contributed by atoms with Gasteiger partial charge in [-0.05, 0) is 24.3 Å². The molecular weight excluding hydrogens is 336 g/mol. The molecule has 1 heterocycles. The maximum Gasteiger partial charge on any atom is 0.253 e. The van der Waals surface area contributed by atoms with Gasteiger partial charge in [0.15, 0.2) is 0 Å². The van der Waals surface area contributed by atoms with E-state index < -0.39 is 0 Å². The van der Waals surface area contributed by atoms with Crippen LogP contribution in [-0.2, 0) is 0 Å². The number of benzene rings is 2. The highest BCUT2D eigenvalue weighted by molar-refractivity contribution is 9.09. The van der Waals surface area contributed by atoms with Gasteiger partial charge < -0.3 is 10.6 Å². The number of anilines is 2. The van der Waals surface area contributed by atoms with Crippen LogP contribution < -0.4 is 10.6 Å². The van der Waals surface area contributed by atoms with Gasteiger partial charge in [0.2, 0.25) is 0 Å². The molecule has 5 heteroatoms. The number of para-hydroxylation sites is 2. The predicted molar refractivity (Wildman–Crippen MR) is 86.4 cm³/mol. The van der Waals surface area contributed by atoms with E-state index in [2.05, 4.69) is 32.6 Å². The summed E-state index contributed by atoms with van der Waals surface area (Å²) in [6, 6.07) is 13.9. The van der Waals surface area contributed by atoms with Crippen molar-refractivity contribution in [3.8, 4) is 0 Å². The first-order valence-corrected chi connectivity index (χ1v) is 8.24. The second-order valence-corrected chi connectivity index (χ2v) is 6.22. The van der Waals surface area contributed by atoms with E-state index in [4.69, 9.17) is 0 Å². The van der Waals surface area contributed by atoms with Crippen LogP contribution in [0.5, 0.6) is 0 Å². The van der Waals surface area contributed by atoms with E-state index in [9.17, 15) is 4.79 Å². The van der Waals surface area contributed by atoms with Crippen molar-refractivity contribution in [2.45, 2.75) is 9.79 Å². The van der Waals surface area contributed by atoms with Crippen molar-refractivity contribution < 1.29 is 4.79 Å². The lowest BCUT2D eigenvalue weighted by Gasteiger charge is -2.22. The van der Waals surface area contributed by atoms with Crippen molar-refractivity contribution in [1.82, 2.24) is 5.32 Å². The molecule has 2 aromatic rings. The van der Waals surface area contributed by atoms with Crippen LogP contribution in [0.15, 0.2) is 52.3 Å². The normalized spacial score (nSPS) is 12.1. The fourth-order valence-electron chi connectivity index (χ4n) is 2.10. The summed E-state index contributed by atoms with van der Waals surface area (Å²) < 4.78 is 0. The Labute approximate surface area is 130 Å². The third-order valence-electron chi connectivity index (χ3n) is 3.02. The van der Waals surface area contributed by atoms with Gasteiger partial charge in [-0.25, -0.2) is 0 Å². The average Bonchev–Trinajstić information content (AvgIpc) is 2.50. The summed E-state index contributed by atoms with van der Waals surface area (Å²) in [7, 11) is 0. The molecule has 0 bridgehead atoms.